The summed E-state index contributed by atoms with van der Waals surface area (Å²) in [6.45, 7) is 5.65. The summed E-state index contributed by atoms with van der Waals surface area (Å²) >= 11 is 0. The summed E-state index contributed by atoms with van der Waals surface area (Å²) in [7, 11) is 0. The van der Waals surface area contributed by atoms with Crippen LogP contribution in [0.4, 0.5) is 0 Å². The number of nitrogens with one attached hydrogen (secondary N) is 1. The number of aliphatic hydroxyl groups is 1. The molecule has 1 saturated heterocycles. The van der Waals surface area contributed by atoms with Gasteiger partial charge in [-0.15, -0.1) is 0 Å². The number of rotatable bonds is 5. The summed E-state index contributed by atoms with van der Waals surface area (Å²) in [5.41, 5.74) is 2.72. The lowest BCUT2D eigenvalue weighted by molar-refractivity contribution is -0.890. The lowest BCUT2D eigenvalue weighted by Crippen LogP contribution is -3.11. The van der Waals surface area contributed by atoms with Crippen molar-refractivity contribution < 1.29 is 14.8 Å². The maximum atomic E-state index is 11.3. The normalized spacial score (nSPS) is 17.4. The zero-order valence-corrected chi connectivity index (χ0v) is 12.5. The molecule has 4 heteroatoms. The quantitative estimate of drug-likeness (QED) is 0.799. The molecule has 4 nitrogen and oxygen atoms in total. The van der Waals surface area contributed by atoms with Gasteiger partial charge in [0.2, 0.25) is 0 Å². The highest BCUT2D eigenvalue weighted by Gasteiger charge is 2.21. The second-order valence-electron chi connectivity index (χ2n) is 6.06. The van der Waals surface area contributed by atoms with Gasteiger partial charge in [-0.2, -0.15) is 0 Å². The third kappa shape index (κ3) is 2.74. The standard InChI is InChI=1S/C17H22N2O2/c1-13-16(12-20)15-6-2-3-7-17(15)19(13)11-14(21)10-18-8-4-5-9-18/h2-3,6-7,12,14,21H,4-5,8-11H2,1H3/p+1/t14-/m0/s1. The molecular weight excluding hydrogens is 264 g/mol. The number of likely N-dealkylation sites (tertiary alicyclic amines) is 1. The van der Waals surface area contributed by atoms with E-state index in [9.17, 15) is 9.90 Å². The van der Waals surface area contributed by atoms with E-state index in [1.807, 2.05) is 31.2 Å². The molecule has 21 heavy (non-hydrogen) atoms. The van der Waals surface area contributed by atoms with E-state index in [2.05, 4.69) is 4.57 Å². The highest BCUT2D eigenvalue weighted by molar-refractivity contribution is 5.99. The molecule has 112 valence electrons. The summed E-state index contributed by atoms with van der Waals surface area (Å²) in [5, 5.41) is 11.4. The maximum absolute atomic E-state index is 11.3. The molecule has 0 radical (unpaired) electrons. The first-order valence-corrected chi connectivity index (χ1v) is 7.75. The molecule has 0 spiro atoms. The largest absolute Gasteiger partial charge is 0.385 e. The van der Waals surface area contributed by atoms with Crippen LogP contribution in [0.25, 0.3) is 10.9 Å². The van der Waals surface area contributed by atoms with Crippen molar-refractivity contribution in [3.05, 3.63) is 35.5 Å². The van der Waals surface area contributed by atoms with Crippen molar-refractivity contribution in [1.29, 1.82) is 0 Å². The Labute approximate surface area is 125 Å². The number of fused-ring (bicyclic) bond motifs is 1. The van der Waals surface area contributed by atoms with Crippen molar-refractivity contribution in [2.75, 3.05) is 19.6 Å². The van der Waals surface area contributed by atoms with Crippen LogP contribution in [0.1, 0.15) is 28.9 Å². The molecule has 2 heterocycles. The highest BCUT2D eigenvalue weighted by Crippen LogP contribution is 2.24. The fourth-order valence-corrected chi connectivity index (χ4v) is 3.53. The van der Waals surface area contributed by atoms with Crippen LogP contribution < -0.4 is 4.90 Å². The minimum absolute atomic E-state index is 0.368. The van der Waals surface area contributed by atoms with Crippen molar-refractivity contribution in [2.24, 2.45) is 0 Å². The summed E-state index contributed by atoms with van der Waals surface area (Å²) in [6, 6.07) is 7.92. The fraction of sp³-hybridized carbons (Fsp3) is 0.471. The molecule has 0 amide bonds. The van der Waals surface area contributed by atoms with Crippen LogP contribution in [0, 0.1) is 6.92 Å². The SMILES string of the molecule is Cc1c(C=O)c2ccccc2n1C[C@@H](O)C[NH+]1CCCC1. The highest BCUT2D eigenvalue weighted by atomic mass is 16.3. The molecule has 0 saturated carbocycles. The van der Waals surface area contributed by atoms with Crippen LogP contribution in [0.5, 0.6) is 0 Å². The third-order valence-electron chi connectivity index (χ3n) is 4.63. The third-order valence-corrected chi connectivity index (χ3v) is 4.63. The van der Waals surface area contributed by atoms with Gasteiger partial charge in [0.05, 0.1) is 19.6 Å². The molecule has 2 N–H and O–H groups in total. The molecule has 0 bridgehead atoms. The van der Waals surface area contributed by atoms with Crippen molar-refractivity contribution in [1.82, 2.24) is 4.57 Å². The molecular formula is C17H23N2O2+. The lowest BCUT2D eigenvalue weighted by Gasteiger charge is -2.18. The Morgan fingerprint density at radius 3 is 2.76 bits per heavy atom. The topological polar surface area (TPSA) is 46.7 Å². The summed E-state index contributed by atoms with van der Waals surface area (Å²) < 4.78 is 2.08. The molecule has 1 atom stereocenters. The van der Waals surface area contributed by atoms with Gasteiger partial charge in [0.15, 0.2) is 6.29 Å². The van der Waals surface area contributed by atoms with Crippen molar-refractivity contribution >= 4 is 17.2 Å². The Bertz CT molecular complexity index is 642. The van der Waals surface area contributed by atoms with E-state index in [1.54, 1.807) is 0 Å². The van der Waals surface area contributed by atoms with Crippen LogP contribution in [-0.2, 0) is 6.54 Å². The molecule has 0 unspecified atom stereocenters. The summed E-state index contributed by atoms with van der Waals surface area (Å²) in [4.78, 5) is 12.8. The summed E-state index contributed by atoms with van der Waals surface area (Å²) in [6.07, 6.45) is 3.09. The van der Waals surface area contributed by atoms with Gasteiger partial charge in [0, 0.05) is 35.0 Å². The van der Waals surface area contributed by atoms with E-state index in [4.69, 9.17) is 0 Å². The van der Waals surface area contributed by atoms with Gasteiger partial charge in [0.25, 0.3) is 0 Å². The number of hydrogen-bond acceptors (Lipinski definition) is 2. The first kappa shape index (κ1) is 14.3. The van der Waals surface area contributed by atoms with Crippen LogP contribution in [0.15, 0.2) is 24.3 Å². The number of benzene rings is 1. The first-order chi connectivity index (χ1) is 10.2. The monoisotopic (exact) mass is 287 g/mol. The predicted octanol–water partition coefficient (Wildman–Crippen LogP) is 0.802. The lowest BCUT2D eigenvalue weighted by atomic mass is 10.1. The molecule has 1 aliphatic rings. The van der Waals surface area contributed by atoms with E-state index in [-0.39, 0.29) is 6.10 Å². The van der Waals surface area contributed by atoms with Gasteiger partial charge < -0.3 is 14.6 Å². The molecule has 2 aromatic rings. The molecule has 0 aliphatic carbocycles. The minimum Gasteiger partial charge on any atom is -0.385 e. The van der Waals surface area contributed by atoms with Gasteiger partial charge in [-0.3, -0.25) is 4.79 Å². The van der Waals surface area contributed by atoms with Crippen molar-refractivity contribution in [3.8, 4) is 0 Å². The molecule has 1 aromatic heterocycles. The summed E-state index contributed by atoms with van der Waals surface area (Å²) in [5.74, 6) is 0. The Morgan fingerprint density at radius 2 is 2.05 bits per heavy atom. The maximum Gasteiger partial charge on any atom is 0.152 e. The van der Waals surface area contributed by atoms with E-state index in [0.29, 0.717) is 6.54 Å². The van der Waals surface area contributed by atoms with Crippen LogP contribution in [0.3, 0.4) is 0 Å². The molecule has 1 aliphatic heterocycles. The van der Waals surface area contributed by atoms with Crippen molar-refractivity contribution in [3.63, 3.8) is 0 Å². The zero-order valence-electron chi connectivity index (χ0n) is 12.5. The number of aldehydes is 1. The number of aliphatic hydroxyl groups excluding tert-OH is 1. The second-order valence-corrected chi connectivity index (χ2v) is 6.06. The number of para-hydroxylation sites is 1. The Kier molecular flexibility index (Phi) is 4.08. The minimum atomic E-state index is -0.368. The molecule has 1 fully saturated rings. The van der Waals surface area contributed by atoms with Crippen LogP contribution in [-0.4, -0.2) is 41.7 Å². The Balaban J connectivity index is 1.85. The van der Waals surface area contributed by atoms with E-state index < -0.39 is 0 Å². The van der Waals surface area contributed by atoms with Gasteiger partial charge in [-0.05, 0) is 13.0 Å². The van der Waals surface area contributed by atoms with Crippen LogP contribution >= 0.6 is 0 Å². The average molecular weight is 287 g/mol. The van der Waals surface area contributed by atoms with E-state index in [0.717, 1.165) is 35.0 Å². The number of carbonyl (C=O) groups is 1. The van der Waals surface area contributed by atoms with Gasteiger partial charge in [-0.1, -0.05) is 18.2 Å². The number of hydrogen-bond donors (Lipinski definition) is 2. The molecule has 3 rings (SSSR count). The average Bonchev–Trinajstić information content (AvgIpc) is 3.07. The van der Waals surface area contributed by atoms with Gasteiger partial charge >= 0.3 is 0 Å². The van der Waals surface area contributed by atoms with E-state index >= 15 is 0 Å². The first-order valence-electron chi connectivity index (χ1n) is 7.75. The number of nitrogens with zero attached hydrogens (tertiary/aromatic N) is 1. The zero-order chi connectivity index (χ0) is 14.8. The fourth-order valence-electron chi connectivity index (χ4n) is 3.53. The van der Waals surface area contributed by atoms with E-state index in [1.165, 1.54) is 30.8 Å². The smallest absolute Gasteiger partial charge is 0.152 e. The Morgan fingerprint density at radius 1 is 1.33 bits per heavy atom. The molecule has 1 aromatic carbocycles. The van der Waals surface area contributed by atoms with Crippen molar-refractivity contribution in [2.45, 2.75) is 32.4 Å². The number of aromatic nitrogens is 1. The number of quaternary nitrogens is 1. The second kappa shape index (κ2) is 6.00. The van der Waals surface area contributed by atoms with Gasteiger partial charge in [-0.25, -0.2) is 0 Å². The predicted molar refractivity (Wildman–Crippen MR) is 82.9 cm³/mol. The van der Waals surface area contributed by atoms with Crippen LogP contribution in [0.2, 0.25) is 0 Å². The number of carbonyl (C=O) groups excluding carboxylic acids is 1. The van der Waals surface area contributed by atoms with Gasteiger partial charge in [0.1, 0.15) is 12.6 Å². The Hall–Kier alpha value is -1.65.